The van der Waals surface area contributed by atoms with Crippen molar-refractivity contribution in [2.24, 2.45) is 0 Å². The molecule has 0 aromatic rings. The van der Waals surface area contributed by atoms with E-state index in [4.69, 9.17) is 14.2 Å². The highest BCUT2D eigenvalue weighted by molar-refractivity contribution is 7.99. The quantitative estimate of drug-likeness (QED) is 0.381. The van der Waals surface area contributed by atoms with Crippen molar-refractivity contribution < 1.29 is 31.4 Å². The van der Waals surface area contributed by atoms with Gasteiger partial charge in [0.1, 0.15) is 12.4 Å². The lowest BCUT2D eigenvalue weighted by Gasteiger charge is -2.28. The van der Waals surface area contributed by atoms with Crippen molar-refractivity contribution >= 4 is 29.5 Å². The molecule has 0 heterocycles. The van der Waals surface area contributed by atoms with Crippen LogP contribution in [0.25, 0.3) is 0 Å². The zero-order valence-corrected chi connectivity index (χ0v) is 18.5. The van der Waals surface area contributed by atoms with Crippen LogP contribution in [-0.2, 0) is 23.8 Å². The van der Waals surface area contributed by atoms with E-state index in [1.54, 1.807) is 0 Å². The third-order valence-corrected chi connectivity index (χ3v) is 5.78. The lowest BCUT2D eigenvalue weighted by molar-refractivity contribution is -0.124. The normalized spacial score (nSPS) is 18.8. The van der Waals surface area contributed by atoms with Gasteiger partial charge in [-0.05, 0) is 38.4 Å². The van der Waals surface area contributed by atoms with Crippen molar-refractivity contribution in [2.75, 3.05) is 45.3 Å². The average Bonchev–Trinajstić information content (AvgIpc) is 2.69. The number of ether oxygens (including phenoxy) is 3. The van der Waals surface area contributed by atoms with E-state index < -0.39 is 0 Å². The molecule has 0 saturated heterocycles. The Hall–Kier alpha value is -1.32. The predicted molar refractivity (Wildman–Crippen MR) is 117 cm³/mol. The number of amides is 2. The van der Waals surface area contributed by atoms with E-state index in [0.717, 1.165) is 36.7 Å². The van der Waals surface area contributed by atoms with Gasteiger partial charge in [-0.1, -0.05) is 6.92 Å². The van der Waals surface area contributed by atoms with Gasteiger partial charge in [-0.15, -0.1) is 0 Å². The summed E-state index contributed by atoms with van der Waals surface area (Å²) in [6, 6.07) is 0.216. The van der Waals surface area contributed by atoms with Crippen molar-refractivity contribution in [3.05, 3.63) is 0 Å². The number of carbonyl (C=O) groups excluding carboxylic acids is 3. The molecule has 1 saturated carbocycles. The second kappa shape index (κ2) is 16.5. The van der Waals surface area contributed by atoms with E-state index in [2.05, 4.69) is 17.6 Å². The maximum atomic E-state index is 11.8. The smallest absolute Gasteiger partial charge is 0.407 e. The highest BCUT2D eigenvalue weighted by Crippen LogP contribution is 2.28. The molecule has 2 N–H and O–H groups in total. The molecule has 0 spiro atoms. The molecular weight excluding hydrogens is 396 g/mol. The number of Topliss-reactive ketones (excluding diaryl/α,β-unsaturated/α-hetero) is 1. The standard InChI is InChI=1S/C20H36N2O6S.2H2/c1-3-29-18-7-5-17(6-8-18)22-20(25)28-15-14-27-13-12-26-11-10-21-19(24)9-4-16(2)23;;/h17-18H,3-15H2,1-2H3,(H,21,24)(H,22,25);2*1H. The minimum atomic E-state index is -0.378. The van der Waals surface area contributed by atoms with Crippen LogP contribution in [0.5, 0.6) is 0 Å². The van der Waals surface area contributed by atoms with Gasteiger partial charge >= 0.3 is 6.09 Å². The molecule has 8 nitrogen and oxygen atoms in total. The van der Waals surface area contributed by atoms with Crippen LogP contribution in [0.1, 0.15) is 55.2 Å². The number of thioether (sulfide) groups is 1. The van der Waals surface area contributed by atoms with Gasteiger partial charge in [0.25, 0.3) is 0 Å². The van der Waals surface area contributed by atoms with Crippen LogP contribution in [0.2, 0.25) is 0 Å². The maximum absolute atomic E-state index is 11.8. The van der Waals surface area contributed by atoms with Gasteiger partial charge in [0.2, 0.25) is 5.91 Å². The molecule has 0 atom stereocenters. The fourth-order valence-corrected chi connectivity index (χ4v) is 4.05. The second-order valence-corrected chi connectivity index (χ2v) is 8.56. The SMILES string of the molecule is CCSC1CCC(NC(=O)OCCOCCOCCNC(=O)CCC(C)=O)CC1.[HH].[HH]. The first-order valence-corrected chi connectivity index (χ1v) is 11.5. The van der Waals surface area contributed by atoms with Crippen LogP contribution in [0.15, 0.2) is 0 Å². The number of ketones is 1. The number of rotatable bonds is 15. The Bertz CT molecular complexity index is 494. The first-order valence-electron chi connectivity index (χ1n) is 10.5. The largest absolute Gasteiger partial charge is 0.447 e. The van der Waals surface area contributed by atoms with Crippen LogP contribution in [-0.4, -0.2) is 74.4 Å². The zero-order valence-electron chi connectivity index (χ0n) is 17.7. The van der Waals surface area contributed by atoms with Crippen LogP contribution in [0.4, 0.5) is 4.79 Å². The van der Waals surface area contributed by atoms with Crippen molar-refractivity contribution in [3.8, 4) is 0 Å². The Labute approximate surface area is 181 Å². The summed E-state index contributed by atoms with van der Waals surface area (Å²) < 4.78 is 15.8. The molecule has 0 unspecified atom stereocenters. The van der Waals surface area contributed by atoms with Crippen molar-refractivity contribution in [3.63, 3.8) is 0 Å². The van der Waals surface area contributed by atoms with E-state index in [1.807, 2.05) is 11.8 Å². The monoisotopic (exact) mass is 436 g/mol. The Morgan fingerprint density at radius 2 is 1.62 bits per heavy atom. The molecule has 1 fully saturated rings. The molecule has 29 heavy (non-hydrogen) atoms. The number of hydrogen-bond acceptors (Lipinski definition) is 7. The molecule has 1 aliphatic rings. The summed E-state index contributed by atoms with van der Waals surface area (Å²) in [6.45, 7) is 5.74. The van der Waals surface area contributed by atoms with E-state index in [0.29, 0.717) is 33.0 Å². The number of hydrogen-bond donors (Lipinski definition) is 2. The summed E-state index contributed by atoms with van der Waals surface area (Å²) in [5.74, 6) is 1.00. The van der Waals surface area contributed by atoms with Gasteiger partial charge < -0.3 is 29.6 Å². The topological polar surface area (TPSA) is 103 Å². The fraction of sp³-hybridized carbons (Fsp3) is 0.850. The van der Waals surface area contributed by atoms with Gasteiger partial charge in [0, 0.05) is 33.5 Å². The Balaban J connectivity index is 0. The van der Waals surface area contributed by atoms with Gasteiger partial charge in [-0.25, -0.2) is 4.79 Å². The molecule has 172 valence electrons. The molecule has 1 aliphatic carbocycles. The molecular formula is C20H40N2O6S. The van der Waals surface area contributed by atoms with E-state index in [9.17, 15) is 14.4 Å². The lowest BCUT2D eigenvalue weighted by Crippen LogP contribution is -2.38. The average molecular weight is 437 g/mol. The Morgan fingerprint density at radius 1 is 0.966 bits per heavy atom. The first kappa shape index (κ1) is 25.7. The number of carbonyl (C=O) groups is 3. The van der Waals surface area contributed by atoms with Gasteiger partial charge in [-0.2, -0.15) is 11.8 Å². The molecule has 0 aliphatic heterocycles. The summed E-state index contributed by atoms with van der Waals surface area (Å²) >= 11 is 2.00. The van der Waals surface area contributed by atoms with Gasteiger partial charge in [0.05, 0.1) is 26.4 Å². The Kier molecular flexibility index (Phi) is 14.6. The Morgan fingerprint density at radius 3 is 2.28 bits per heavy atom. The summed E-state index contributed by atoms with van der Waals surface area (Å²) in [6.07, 6.45) is 4.42. The lowest BCUT2D eigenvalue weighted by atomic mass is 9.95. The first-order chi connectivity index (χ1) is 14.0. The molecule has 0 bridgehead atoms. The highest BCUT2D eigenvalue weighted by atomic mass is 32.2. The van der Waals surface area contributed by atoms with Gasteiger partial charge in [0.15, 0.2) is 0 Å². The third kappa shape index (κ3) is 14.3. The van der Waals surface area contributed by atoms with Gasteiger partial charge in [-0.3, -0.25) is 4.79 Å². The molecule has 0 aromatic carbocycles. The van der Waals surface area contributed by atoms with Crippen LogP contribution in [0, 0.1) is 0 Å². The summed E-state index contributed by atoms with van der Waals surface area (Å²) in [7, 11) is 0. The fourth-order valence-electron chi connectivity index (χ4n) is 2.97. The zero-order chi connectivity index (χ0) is 21.3. The summed E-state index contributed by atoms with van der Waals surface area (Å²) in [5.41, 5.74) is 0. The summed E-state index contributed by atoms with van der Waals surface area (Å²) in [5, 5.41) is 6.34. The van der Waals surface area contributed by atoms with Crippen LogP contribution >= 0.6 is 11.8 Å². The minimum Gasteiger partial charge on any atom is -0.447 e. The van der Waals surface area contributed by atoms with Crippen molar-refractivity contribution in [1.82, 2.24) is 10.6 Å². The maximum Gasteiger partial charge on any atom is 0.407 e. The van der Waals surface area contributed by atoms with Crippen LogP contribution in [0.3, 0.4) is 0 Å². The molecule has 0 aromatic heterocycles. The molecule has 0 radical (unpaired) electrons. The van der Waals surface area contributed by atoms with E-state index in [-0.39, 0.29) is 46.1 Å². The predicted octanol–water partition coefficient (Wildman–Crippen LogP) is 2.79. The highest BCUT2D eigenvalue weighted by Gasteiger charge is 2.22. The van der Waals surface area contributed by atoms with Crippen LogP contribution < -0.4 is 10.6 Å². The molecule has 2 amide bonds. The molecule has 1 rings (SSSR count). The number of nitrogens with one attached hydrogen (secondary N) is 2. The summed E-state index contributed by atoms with van der Waals surface area (Å²) in [4.78, 5) is 34.0. The minimum absolute atomic E-state index is 0. The molecule has 9 heteroatoms. The van der Waals surface area contributed by atoms with E-state index in [1.165, 1.54) is 6.92 Å². The van der Waals surface area contributed by atoms with Crippen molar-refractivity contribution in [1.29, 1.82) is 0 Å². The second-order valence-electron chi connectivity index (χ2n) is 6.99. The number of alkyl carbamates (subject to hydrolysis) is 1. The third-order valence-electron chi connectivity index (χ3n) is 4.50. The van der Waals surface area contributed by atoms with E-state index >= 15 is 0 Å². The van der Waals surface area contributed by atoms with Crippen molar-refractivity contribution in [2.45, 2.75) is 63.7 Å².